The highest BCUT2D eigenvalue weighted by Crippen LogP contribution is 2.52. The lowest BCUT2D eigenvalue weighted by atomic mass is 9.96. The van der Waals surface area contributed by atoms with Crippen molar-refractivity contribution in [2.75, 3.05) is 0 Å². The van der Waals surface area contributed by atoms with Crippen LogP contribution in [-0.4, -0.2) is 5.92 Å². The largest absolute Gasteiger partial charge is 0.299 e. The van der Waals surface area contributed by atoms with Gasteiger partial charge < -0.3 is 0 Å². The molecule has 0 saturated heterocycles. The SMILES string of the molecule is C=C(C#CC(C)(C)C)/C=C1\C(=C)C2=CCC=C(C(C)C)C=C2C1(F)F. The first-order valence-corrected chi connectivity index (χ1v) is 8.58. The first-order valence-electron chi connectivity index (χ1n) is 8.58. The van der Waals surface area contributed by atoms with Gasteiger partial charge in [0.25, 0.3) is 5.92 Å². The number of alkyl halides is 2. The summed E-state index contributed by atoms with van der Waals surface area (Å²) < 4.78 is 30.2. The molecular weight excluding hydrogens is 314 g/mol. The maximum Gasteiger partial charge on any atom is 0.299 e. The lowest BCUT2D eigenvalue weighted by molar-refractivity contribution is 0.0962. The molecule has 0 spiro atoms. The van der Waals surface area contributed by atoms with Gasteiger partial charge in [0.1, 0.15) is 0 Å². The van der Waals surface area contributed by atoms with Crippen molar-refractivity contribution in [2.45, 2.75) is 47.0 Å². The van der Waals surface area contributed by atoms with Crippen molar-refractivity contribution in [3.63, 3.8) is 0 Å². The zero-order valence-electron chi connectivity index (χ0n) is 15.8. The minimum absolute atomic E-state index is 0.0396. The number of allylic oxidation sites excluding steroid dienone is 10. The van der Waals surface area contributed by atoms with Crippen LogP contribution in [0.3, 0.4) is 0 Å². The Morgan fingerprint density at radius 1 is 1.28 bits per heavy atom. The molecule has 1 saturated carbocycles. The van der Waals surface area contributed by atoms with Crippen molar-refractivity contribution in [1.82, 2.24) is 0 Å². The summed E-state index contributed by atoms with van der Waals surface area (Å²) in [5.41, 5.74) is 1.96. The van der Waals surface area contributed by atoms with Gasteiger partial charge in [-0.25, -0.2) is 0 Å². The van der Waals surface area contributed by atoms with Crippen LogP contribution < -0.4 is 0 Å². The number of hydrogen-bond acceptors (Lipinski definition) is 0. The third-order valence-corrected chi connectivity index (χ3v) is 4.19. The van der Waals surface area contributed by atoms with Gasteiger partial charge in [-0.2, -0.15) is 8.78 Å². The number of rotatable bonds is 2. The fourth-order valence-electron chi connectivity index (χ4n) is 2.81. The van der Waals surface area contributed by atoms with Crippen LogP contribution in [0.25, 0.3) is 0 Å². The molecule has 0 aromatic rings. The fraction of sp³-hybridized carbons (Fsp3) is 0.391. The smallest absolute Gasteiger partial charge is 0.196 e. The van der Waals surface area contributed by atoms with Crippen molar-refractivity contribution < 1.29 is 8.78 Å². The van der Waals surface area contributed by atoms with Crippen LogP contribution in [0.15, 0.2) is 70.9 Å². The maximum absolute atomic E-state index is 15.1. The van der Waals surface area contributed by atoms with E-state index in [1.807, 2.05) is 46.8 Å². The van der Waals surface area contributed by atoms with Gasteiger partial charge >= 0.3 is 0 Å². The molecule has 0 unspecified atom stereocenters. The summed E-state index contributed by atoms with van der Waals surface area (Å²) in [7, 11) is 0. The van der Waals surface area contributed by atoms with E-state index in [-0.39, 0.29) is 22.5 Å². The molecule has 0 heterocycles. The van der Waals surface area contributed by atoms with Crippen molar-refractivity contribution in [2.24, 2.45) is 11.3 Å². The van der Waals surface area contributed by atoms with Gasteiger partial charge in [-0.15, -0.1) is 0 Å². The van der Waals surface area contributed by atoms with E-state index in [1.54, 1.807) is 6.08 Å². The Bertz CT molecular complexity index is 791. The van der Waals surface area contributed by atoms with Crippen LogP contribution in [0.2, 0.25) is 0 Å². The monoisotopic (exact) mass is 340 g/mol. The first-order chi connectivity index (χ1) is 11.4. The zero-order valence-corrected chi connectivity index (χ0v) is 15.8. The van der Waals surface area contributed by atoms with E-state index in [9.17, 15) is 0 Å². The minimum atomic E-state index is -3.08. The van der Waals surface area contributed by atoms with Gasteiger partial charge in [-0.1, -0.05) is 51.0 Å². The van der Waals surface area contributed by atoms with Gasteiger partial charge in [-0.05, 0) is 62.0 Å². The molecule has 0 radical (unpaired) electrons. The van der Waals surface area contributed by atoms with Crippen LogP contribution >= 0.6 is 0 Å². The maximum atomic E-state index is 15.1. The van der Waals surface area contributed by atoms with E-state index < -0.39 is 5.92 Å². The Morgan fingerprint density at radius 2 is 1.92 bits per heavy atom. The molecule has 2 aliphatic carbocycles. The van der Waals surface area contributed by atoms with Crippen molar-refractivity contribution in [3.05, 3.63) is 70.9 Å². The Morgan fingerprint density at radius 3 is 2.48 bits per heavy atom. The highest BCUT2D eigenvalue weighted by molar-refractivity contribution is 5.72. The van der Waals surface area contributed by atoms with Crippen molar-refractivity contribution >= 4 is 0 Å². The Balaban J connectivity index is 2.48. The predicted molar refractivity (Wildman–Crippen MR) is 102 cm³/mol. The second-order valence-corrected chi connectivity index (χ2v) is 7.91. The standard InChI is InChI=1S/C23H26F2/c1-15(2)18-9-8-10-19-17(4)20(23(24,25)21(19)14-18)13-16(3)11-12-22(5,6)7/h9-10,13-15H,3-4,8H2,1-2,5-7H3/b20-13+. The lowest BCUT2D eigenvalue weighted by Gasteiger charge is -2.14. The summed E-state index contributed by atoms with van der Waals surface area (Å²) in [6.45, 7) is 17.7. The molecule has 0 nitrogen and oxygen atoms in total. The van der Waals surface area contributed by atoms with Crippen molar-refractivity contribution in [3.8, 4) is 11.8 Å². The molecule has 25 heavy (non-hydrogen) atoms. The molecule has 0 aliphatic heterocycles. The molecule has 0 aromatic carbocycles. The molecule has 132 valence electrons. The van der Waals surface area contributed by atoms with Crippen LogP contribution in [-0.2, 0) is 0 Å². The lowest BCUT2D eigenvalue weighted by Crippen LogP contribution is -2.16. The van der Waals surface area contributed by atoms with E-state index >= 15 is 8.78 Å². The van der Waals surface area contributed by atoms with Gasteiger partial charge in [0.2, 0.25) is 0 Å². The molecule has 0 amide bonds. The molecule has 2 rings (SSSR count). The predicted octanol–water partition coefficient (Wildman–Crippen LogP) is 6.56. The summed E-state index contributed by atoms with van der Waals surface area (Å²) in [4.78, 5) is 0. The van der Waals surface area contributed by atoms with E-state index in [0.717, 1.165) is 5.57 Å². The summed E-state index contributed by atoms with van der Waals surface area (Å²) in [5, 5.41) is 0. The second kappa shape index (κ2) is 6.64. The average molecular weight is 340 g/mol. The van der Waals surface area contributed by atoms with Gasteiger partial charge in [-0.3, -0.25) is 0 Å². The quantitative estimate of drug-likeness (QED) is 0.499. The van der Waals surface area contributed by atoms with Gasteiger partial charge in [0.05, 0.1) is 0 Å². The highest BCUT2D eigenvalue weighted by Gasteiger charge is 2.49. The summed E-state index contributed by atoms with van der Waals surface area (Å²) in [5.74, 6) is 3.03. The zero-order chi connectivity index (χ0) is 19.0. The summed E-state index contributed by atoms with van der Waals surface area (Å²) >= 11 is 0. The molecular formula is C23H26F2. The minimum Gasteiger partial charge on any atom is -0.196 e. The topological polar surface area (TPSA) is 0 Å². The number of hydrogen-bond donors (Lipinski definition) is 0. The highest BCUT2D eigenvalue weighted by atomic mass is 19.3. The molecule has 1 fully saturated rings. The fourth-order valence-corrected chi connectivity index (χ4v) is 2.81. The number of halogens is 2. The van der Waals surface area contributed by atoms with Gasteiger partial charge in [0.15, 0.2) is 0 Å². The summed E-state index contributed by atoms with van der Waals surface area (Å²) in [6, 6.07) is 0. The van der Waals surface area contributed by atoms with E-state index in [4.69, 9.17) is 0 Å². The second-order valence-electron chi connectivity index (χ2n) is 7.91. The third-order valence-electron chi connectivity index (χ3n) is 4.19. The van der Waals surface area contributed by atoms with Crippen LogP contribution in [0, 0.1) is 23.2 Å². The van der Waals surface area contributed by atoms with E-state index in [1.165, 1.54) is 6.08 Å². The first kappa shape index (κ1) is 19.2. The molecule has 0 aromatic heterocycles. The molecule has 0 N–H and O–H groups in total. The van der Waals surface area contributed by atoms with Gasteiger partial charge in [0, 0.05) is 22.1 Å². The van der Waals surface area contributed by atoms with Crippen LogP contribution in [0.1, 0.15) is 41.0 Å². The van der Waals surface area contributed by atoms with Crippen LogP contribution in [0.4, 0.5) is 8.78 Å². The Labute approximate surface area is 150 Å². The van der Waals surface area contributed by atoms with E-state index in [0.29, 0.717) is 23.1 Å². The Hall–Kier alpha value is -2.14. The average Bonchev–Trinajstić information content (AvgIpc) is 2.66. The number of fused-ring (bicyclic) bond motifs is 1. The normalized spacial score (nSPS) is 21.0. The molecule has 2 aliphatic rings. The van der Waals surface area contributed by atoms with Crippen LogP contribution in [0.5, 0.6) is 0 Å². The Kier molecular flexibility index (Phi) is 5.09. The molecule has 2 heteroatoms. The van der Waals surface area contributed by atoms with Crippen molar-refractivity contribution in [1.29, 1.82) is 0 Å². The molecule has 0 bridgehead atoms. The third kappa shape index (κ3) is 4.10. The van der Waals surface area contributed by atoms with E-state index in [2.05, 4.69) is 25.0 Å². The molecule has 0 atom stereocenters. The summed E-state index contributed by atoms with van der Waals surface area (Å²) in [6.07, 6.45) is 7.48.